The lowest BCUT2D eigenvalue weighted by Crippen LogP contribution is -2.21. The number of carbonyl (C=O) groups excluding carboxylic acids is 2. The maximum atomic E-state index is 12.1. The number of nitrogens with zero attached hydrogens (tertiary/aromatic N) is 1. The number of benzene rings is 1. The molecule has 3 N–H and O–H groups in total. The van der Waals surface area contributed by atoms with Gasteiger partial charge in [-0.2, -0.15) is 5.10 Å². The van der Waals surface area contributed by atoms with E-state index in [0.29, 0.717) is 18.0 Å². The van der Waals surface area contributed by atoms with Crippen LogP contribution in [-0.4, -0.2) is 35.2 Å². The monoisotopic (exact) mass is 288 g/mol. The van der Waals surface area contributed by atoms with E-state index >= 15 is 0 Å². The molecule has 0 aliphatic rings. The maximum absolute atomic E-state index is 12.1. The molecule has 0 atom stereocenters. The number of amides is 2. The number of carbonyl (C=O) groups is 2. The third-order valence-electron chi connectivity index (χ3n) is 2.60. The number of ether oxygens (including phenoxy) is 1. The molecular weight excluding hydrogens is 272 g/mol. The Hall–Kier alpha value is -2.67. The number of hydrogen-bond acceptors (Lipinski definition) is 4. The molecule has 1 aromatic carbocycles. The molecule has 0 saturated carbocycles. The Balaban J connectivity index is 2.02. The molecule has 21 heavy (non-hydrogen) atoms. The molecule has 0 aliphatic carbocycles. The van der Waals surface area contributed by atoms with Crippen molar-refractivity contribution in [1.29, 1.82) is 0 Å². The predicted octanol–water partition coefficient (Wildman–Crippen LogP) is 1.64. The summed E-state index contributed by atoms with van der Waals surface area (Å²) in [7, 11) is 0. The number of hydrogen-bond donors (Lipinski definition) is 3. The van der Waals surface area contributed by atoms with E-state index in [1.54, 1.807) is 19.1 Å². The van der Waals surface area contributed by atoms with Crippen LogP contribution in [0, 0.1) is 0 Å². The first-order valence-corrected chi connectivity index (χ1v) is 6.48. The van der Waals surface area contributed by atoms with Crippen LogP contribution >= 0.6 is 0 Å². The van der Waals surface area contributed by atoms with E-state index in [0.717, 1.165) is 0 Å². The molecule has 0 fully saturated rings. The smallest absolute Gasteiger partial charge is 0.278 e. The van der Waals surface area contributed by atoms with Crippen molar-refractivity contribution >= 4 is 23.2 Å². The van der Waals surface area contributed by atoms with Crippen LogP contribution in [0.15, 0.2) is 36.5 Å². The van der Waals surface area contributed by atoms with Gasteiger partial charge in [-0.3, -0.25) is 14.7 Å². The Kier molecular flexibility index (Phi) is 5.05. The molecule has 2 amide bonds. The molecule has 110 valence electrons. The van der Waals surface area contributed by atoms with Gasteiger partial charge in [0.2, 0.25) is 5.91 Å². The summed E-state index contributed by atoms with van der Waals surface area (Å²) in [5.41, 5.74) is 1.08. The average molecular weight is 288 g/mol. The predicted molar refractivity (Wildman–Crippen MR) is 78.1 cm³/mol. The lowest BCUT2D eigenvalue weighted by atomic mass is 10.3. The molecular formula is C14H16N4O3. The zero-order valence-electron chi connectivity index (χ0n) is 11.6. The first kappa shape index (κ1) is 14.7. The first-order chi connectivity index (χ1) is 10.2. The molecule has 0 bridgehead atoms. The molecule has 7 nitrogen and oxygen atoms in total. The Morgan fingerprint density at radius 3 is 2.71 bits per heavy atom. The van der Waals surface area contributed by atoms with Crippen LogP contribution in [-0.2, 0) is 9.53 Å². The lowest BCUT2D eigenvalue weighted by Gasteiger charge is -2.06. The standard InChI is InChI=1S/C14H16N4O3/c1-2-21-9-12(19)17-11-8-15-18-13(11)14(20)16-10-6-4-3-5-7-10/h3-8H,2,9H2,1H3,(H,15,18)(H,16,20)(H,17,19). The minimum absolute atomic E-state index is 0.0680. The molecule has 7 heteroatoms. The van der Waals surface area contributed by atoms with Gasteiger partial charge in [0.15, 0.2) is 5.69 Å². The van der Waals surface area contributed by atoms with Crippen molar-refractivity contribution in [1.82, 2.24) is 10.2 Å². The molecule has 0 unspecified atom stereocenters. The molecule has 0 saturated heterocycles. The van der Waals surface area contributed by atoms with Gasteiger partial charge < -0.3 is 15.4 Å². The zero-order valence-corrected chi connectivity index (χ0v) is 11.6. The van der Waals surface area contributed by atoms with Crippen LogP contribution in [0.3, 0.4) is 0 Å². The normalized spacial score (nSPS) is 10.1. The highest BCUT2D eigenvalue weighted by molar-refractivity contribution is 6.08. The second-order valence-electron chi connectivity index (χ2n) is 4.15. The number of aromatic nitrogens is 2. The van der Waals surface area contributed by atoms with Crippen molar-refractivity contribution < 1.29 is 14.3 Å². The molecule has 0 radical (unpaired) electrons. The molecule has 0 spiro atoms. The van der Waals surface area contributed by atoms with Gasteiger partial charge in [-0.25, -0.2) is 0 Å². The van der Waals surface area contributed by atoms with Gasteiger partial charge in [0.05, 0.1) is 5.69 Å². The summed E-state index contributed by atoms with van der Waals surface area (Å²) >= 11 is 0. The fourth-order valence-electron chi connectivity index (χ4n) is 1.65. The second kappa shape index (κ2) is 7.20. The average Bonchev–Trinajstić information content (AvgIpc) is 2.94. The largest absolute Gasteiger partial charge is 0.372 e. The summed E-state index contributed by atoms with van der Waals surface area (Å²) in [6.45, 7) is 2.17. The molecule has 2 aromatic rings. The minimum Gasteiger partial charge on any atom is -0.372 e. The summed E-state index contributed by atoms with van der Waals surface area (Å²) in [5, 5.41) is 11.7. The second-order valence-corrected chi connectivity index (χ2v) is 4.15. The quantitative estimate of drug-likeness (QED) is 0.752. The number of aromatic amines is 1. The van der Waals surface area contributed by atoms with Gasteiger partial charge >= 0.3 is 0 Å². The molecule has 1 aromatic heterocycles. The number of para-hydroxylation sites is 1. The third kappa shape index (κ3) is 4.15. The summed E-state index contributed by atoms with van der Waals surface area (Å²) in [6, 6.07) is 9.00. The van der Waals surface area contributed by atoms with Crippen LogP contribution in [0.2, 0.25) is 0 Å². The summed E-state index contributed by atoms with van der Waals surface area (Å²) in [5.74, 6) is -0.749. The van der Waals surface area contributed by atoms with Crippen LogP contribution in [0.25, 0.3) is 0 Å². The van der Waals surface area contributed by atoms with E-state index in [1.807, 2.05) is 18.2 Å². The number of H-pyrrole nitrogens is 1. The van der Waals surface area contributed by atoms with E-state index in [4.69, 9.17) is 4.74 Å². The fraction of sp³-hybridized carbons (Fsp3) is 0.214. The van der Waals surface area contributed by atoms with Crippen LogP contribution in [0.1, 0.15) is 17.4 Å². The van der Waals surface area contributed by atoms with Gasteiger partial charge in [0.1, 0.15) is 6.61 Å². The Bertz CT molecular complexity index is 610. The highest BCUT2D eigenvalue weighted by Gasteiger charge is 2.16. The highest BCUT2D eigenvalue weighted by Crippen LogP contribution is 2.14. The van der Waals surface area contributed by atoms with Crippen LogP contribution in [0.4, 0.5) is 11.4 Å². The van der Waals surface area contributed by atoms with Gasteiger partial charge in [0, 0.05) is 18.5 Å². The van der Waals surface area contributed by atoms with E-state index in [2.05, 4.69) is 20.8 Å². The summed E-state index contributed by atoms with van der Waals surface area (Å²) in [6.07, 6.45) is 1.45. The lowest BCUT2D eigenvalue weighted by molar-refractivity contribution is -0.120. The van der Waals surface area contributed by atoms with E-state index in [9.17, 15) is 9.59 Å². The maximum Gasteiger partial charge on any atom is 0.278 e. The SMILES string of the molecule is CCOCC(=O)Nc1c[nH]nc1C(=O)Nc1ccccc1. The van der Waals surface area contributed by atoms with E-state index in [1.165, 1.54) is 6.20 Å². The van der Waals surface area contributed by atoms with Gasteiger partial charge in [-0.1, -0.05) is 18.2 Å². The summed E-state index contributed by atoms with van der Waals surface area (Å²) < 4.78 is 5.00. The van der Waals surface area contributed by atoms with Crippen LogP contribution < -0.4 is 10.6 Å². The number of nitrogens with one attached hydrogen (secondary N) is 3. The zero-order chi connectivity index (χ0) is 15.1. The van der Waals surface area contributed by atoms with Crippen LogP contribution in [0.5, 0.6) is 0 Å². The minimum atomic E-state index is -0.408. The molecule has 0 aliphatic heterocycles. The van der Waals surface area contributed by atoms with E-state index < -0.39 is 5.91 Å². The summed E-state index contributed by atoms with van der Waals surface area (Å²) in [4.78, 5) is 23.7. The van der Waals surface area contributed by atoms with Crippen molar-refractivity contribution in [3.8, 4) is 0 Å². The highest BCUT2D eigenvalue weighted by atomic mass is 16.5. The van der Waals surface area contributed by atoms with Crippen molar-refractivity contribution in [2.24, 2.45) is 0 Å². The Morgan fingerprint density at radius 1 is 1.24 bits per heavy atom. The van der Waals surface area contributed by atoms with Crippen molar-refractivity contribution in [3.63, 3.8) is 0 Å². The molecule has 2 rings (SSSR count). The van der Waals surface area contributed by atoms with Gasteiger partial charge in [-0.05, 0) is 19.1 Å². The topological polar surface area (TPSA) is 96.1 Å². The van der Waals surface area contributed by atoms with Crippen molar-refractivity contribution in [2.75, 3.05) is 23.8 Å². The first-order valence-electron chi connectivity index (χ1n) is 6.48. The van der Waals surface area contributed by atoms with Gasteiger partial charge in [0.25, 0.3) is 5.91 Å². The fourth-order valence-corrected chi connectivity index (χ4v) is 1.65. The van der Waals surface area contributed by atoms with E-state index in [-0.39, 0.29) is 18.2 Å². The third-order valence-corrected chi connectivity index (χ3v) is 2.60. The Morgan fingerprint density at radius 2 is 2.00 bits per heavy atom. The van der Waals surface area contributed by atoms with Crippen molar-refractivity contribution in [3.05, 3.63) is 42.2 Å². The van der Waals surface area contributed by atoms with Gasteiger partial charge in [-0.15, -0.1) is 0 Å². The number of rotatable bonds is 6. The number of anilines is 2. The molecule has 1 heterocycles. The Labute approximate surface area is 121 Å². The van der Waals surface area contributed by atoms with Crippen molar-refractivity contribution in [2.45, 2.75) is 6.92 Å².